The van der Waals surface area contributed by atoms with Crippen molar-refractivity contribution in [3.8, 4) is 0 Å². The van der Waals surface area contributed by atoms with Gasteiger partial charge >= 0.3 is 0 Å². The Morgan fingerprint density at radius 2 is 2.07 bits per heavy atom. The van der Waals surface area contributed by atoms with Gasteiger partial charge in [0.25, 0.3) is 5.56 Å². The smallest absolute Gasteiger partial charge is 0.251 e. The van der Waals surface area contributed by atoms with Crippen LogP contribution in [0.4, 0.5) is 0 Å². The Labute approximate surface area is 94.5 Å². The molecule has 0 bridgehead atoms. The molecular formula is C11H8BrNO2. The molecule has 0 spiro atoms. The first-order valence-corrected chi connectivity index (χ1v) is 5.24. The van der Waals surface area contributed by atoms with E-state index in [4.69, 9.17) is 0 Å². The number of halogens is 1. The molecule has 0 atom stereocenters. The van der Waals surface area contributed by atoms with Crippen molar-refractivity contribution in [2.24, 2.45) is 0 Å². The predicted octanol–water partition coefficient (Wildman–Crippen LogP) is 1.96. The Balaban J connectivity index is 2.81. The van der Waals surface area contributed by atoms with Crippen molar-refractivity contribution in [2.75, 3.05) is 0 Å². The van der Waals surface area contributed by atoms with Crippen LogP contribution in [0.25, 0.3) is 10.9 Å². The van der Waals surface area contributed by atoms with Gasteiger partial charge in [0.15, 0.2) is 0 Å². The Morgan fingerprint density at radius 3 is 2.80 bits per heavy atom. The van der Waals surface area contributed by atoms with Gasteiger partial charge in [0.2, 0.25) is 0 Å². The number of hydrogen-bond donors (Lipinski definition) is 0. The van der Waals surface area contributed by atoms with Gasteiger partial charge < -0.3 is 9.36 Å². The quantitative estimate of drug-likeness (QED) is 0.779. The van der Waals surface area contributed by atoms with Gasteiger partial charge in [-0.1, -0.05) is 15.9 Å². The van der Waals surface area contributed by atoms with Crippen LogP contribution in [0.15, 0.2) is 39.6 Å². The fourth-order valence-electron chi connectivity index (χ4n) is 1.54. The van der Waals surface area contributed by atoms with Crippen molar-refractivity contribution < 1.29 is 4.79 Å². The molecule has 0 fully saturated rings. The van der Waals surface area contributed by atoms with Crippen LogP contribution >= 0.6 is 15.9 Å². The van der Waals surface area contributed by atoms with E-state index in [1.54, 1.807) is 6.07 Å². The summed E-state index contributed by atoms with van der Waals surface area (Å²) in [5.74, 6) is 0. The topological polar surface area (TPSA) is 39.1 Å². The molecule has 1 aromatic heterocycles. The minimum Gasteiger partial charge on any atom is -0.301 e. The lowest BCUT2D eigenvalue weighted by atomic mass is 10.2. The molecule has 1 aromatic carbocycles. The standard InChI is InChI=1S/C11H8BrNO2/c12-9-2-3-10-8(7-9)1-4-11(15)13(10)5-6-14/h1-4,6-7H,5H2. The van der Waals surface area contributed by atoms with Gasteiger partial charge in [0, 0.05) is 10.5 Å². The van der Waals surface area contributed by atoms with Crippen LogP contribution in [0, 0.1) is 0 Å². The van der Waals surface area contributed by atoms with E-state index in [1.807, 2.05) is 18.2 Å². The molecule has 0 saturated heterocycles. The number of aldehydes is 1. The lowest BCUT2D eigenvalue weighted by Gasteiger charge is -2.06. The number of aromatic nitrogens is 1. The number of hydrogen-bond acceptors (Lipinski definition) is 2. The highest BCUT2D eigenvalue weighted by Gasteiger charge is 2.02. The van der Waals surface area contributed by atoms with E-state index in [9.17, 15) is 9.59 Å². The third-order valence-electron chi connectivity index (χ3n) is 2.21. The molecule has 2 rings (SSSR count). The highest BCUT2D eigenvalue weighted by Crippen LogP contribution is 2.17. The summed E-state index contributed by atoms with van der Waals surface area (Å²) in [4.78, 5) is 22.0. The highest BCUT2D eigenvalue weighted by molar-refractivity contribution is 9.10. The van der Waals surface area contributed by atoms with Gasteiger partial charge in [-0.25, -0.2) is 0 Å². The lowest BCUT2D eigenvalue weighted by molar-refractivity contribution is -0.108. The van der Waals surface area contributed by atoms with Gasteiger partial charge in [0.1, 0.15) is 6.29 Å². The van der Waals surface area contributed by atoms with Gasteiger partial charge in [-0.05, 0) is 29.7 Å². The maximum absolute atomic E-state index is 11.5. The van der Waals surface area contributed by atoms with E-state index in [0.717, 1.165) is 21.7 Å². The Morgan fingerprint density at radius 1 is 1.27 bits per heavy atom. The number of carbonyl (C=O) groups is 1. The van der Waals surface area contributed by atoms with E-state index in [-0.39, 0.29) is 12.1 Å². The zero-order chi connectivity index (χ0) is 10.8. The average Bonchev–Trinajstić information content (AvgIpc) is 2.22. The van der Waals surface area contributed by atoms with Crippen molar-refractivity contribution in [1.82, 2.24) is 4.57 Å². The molecule has 0 N–H and O–H groups in total. The maximum atomic E-state index is 11.5. The Kier molecular flexibility index (Phi) is 2.68. The normalized spacial score (nSPS) is 10.5. The predicted molar refractivity (Wildman–Crippen MR) is 62.0 cm³/mol. The van der Waals surface area contributed by atoms with E-state index in [0.29, 0.717) is 0 Å². The summed E-state index contributed by atoms with van der Waals surface area (Å²) in [5.41, 5.74) is 0.620. The largest absolute Gasteiger partial charge is 0.301 e. The van der Waals surface area contributed by atoms with Crippen molar-refractivity contribution >= 4 is 33.1 Å². The number of fused-ring (bicyclic) bond motifs is 1. The first-order valence-electron chi connectivity index (χ1n) is 4.45. The van der Waals surface area contributed by atoms with E-state index in [2.05, 4.69) is 15.9 Å². The molecule has 15 heavy (non-hydrogen) atoms. The molecular weight excluding hydrogens is 258 g/mol. The molecule has 0 saturated carbocycles. The second kappa shape index (κ2) is 3.98. The number of pyridine rings is 1. The van der Waals surface area contributed by atoms with Gasteiger partial charge in [-0.3, -0.25) is 4.79 Å². The van der Waals surface area contributed by atoms with Crippen molar-refractivity contribution in [1.29, 1.82) is 0 Å². The first-order chi connectivity index (χ1) is 7.22. The lowest BCUT2D eigenvalue weighted by Crippen LogP contribution is -2.19. The fraction of sp³-hybridized carbons (Fsp3) is 0.0909. The van der Waals surface area contributed by atoms with Crippen molar-refractivity contribution in [2.45, 2.75) is 6.54 Å². The summed E-state index contributed by atoms with van der Waals surface area (Å²) in [5, 5.41) is 0.936. The minimum absolute atomic E-state index is 0.0950. The van der Waals surface area contributed by atoms with E-state index in [1.165, 1.54) is 10.6 Å². The summed E-state index contributed by atoms with van der Waals surface area (Å²) in [6.45, 7) is 0.0950. The average molecular weight is 266 g/mol. The van der Waals surface area contributed by atoms with E-state index < -0.39 is 0 Å². The van der Waals surface area contributed by atoms with Crippen LogP contribution in [-0.4, -0.2) is 10.9 Å². The molecule has 2 aromatic rings. The van der Waals surface area contributed by atoms with Crippen LogP contribution in [0.5, 0.6) is 0 Å². The molecule has 0 unspecified atom stereocenters. The number of nitrogens with zero attached hydrogens (tertiary/aromatic N) is 1. The Hall–Kier alpha value is -1.42. The summed E-state index contributed by atoms with van der Waals surface area (Å²) >= 11 is 3.36. The maximum Gasteiger partial charge on any atom is 0.251 e. The second-order valence-corrected chi connectivity index (χ2v) is 4.07. The molecule has 0 aliphatic heterocycles. The summed E-state index contributed by atoms with van der Waals surface area (Å²) in [7, 11) is 0. The highest BCUT2D eigenvalue weighted by atomic mass is 79.9. The fourth-order valence-corrected chi connectivity index (χ4v) is 1.92. The summed E-state index contributed by atoms with van der Waals surface area (Å²) in [6.07, 6.45) is 0.725. The molecule has 0 amide bonds. The number of benzene rings is 1. The van der Waals surface area contributed by atoms with Crippen molar-refractivity contribution in [3.05, 3.63) is 45.2 Å². The van der Waals surface area contributed by atoms with Gasteiger partial charge in [-0.2, -0.15) is 0 Å². The van der Waals surface area contributed by atoms with Crippen LogP contribution in [0.2, 0.25) is 0 Å². The van der Waals surface area contributed by atoms with Crippen LogP contribution < -0.4 is 5.56 Å². The van der Waals surface area contributed by atoms with Crippen LogP contribution in [0.3, 0.4) is 0 Å². The third kappa shape index (κ3) is 1.85. The molecule has 1 heterocycles. The van der Waals surface area contributed by atoms with Crippen molar-refractivity contribution in [3.63, 3.8) is 0 Å². The van der Waals surface area contributed by atoms with Gasteiger partial charge in [0.05, 0.1) is 12.1 Å². The van der Waals surface area contributed by atoms with Crippen LogP contribution in [-0.2, 0) is 11.3 Å². The SMILES string of the molecule is O=CCn1c(=O)ccc2cc(Br)ccc21. The molecule has 0 aliphatic carbocycles. The minimum atomic E-state index is -0.156. The molecule has 3 nitrogen and oxygen atoms in total. The number of rotatable bonds is 2. The first kappa shape index (κ1) is 10.1. The zero-order valence-electron chi connectivity index (χ0n) is 7.81. The summed E-state index contributed by atoms with van der Waals surface area (Å²) in [6, 6.07) is 8.81. The van der Waals surface area contributed by atoms with Gasteiger partial charge in [-0.15, -0.1) is 0 Å². The van der Waals surface area contributed by atoms with Crippen LogP contribution in [0.1, 0.15) is 0 Å². The number of carbonyl (C=O) groups excluding carboxylic acids is 1. The monoisotopic (exact) mass is 265 g/mol. The Bertz CT molecular complexity index is 574. The molecule has 0 radical (unpaired) electrons. The molecule has 76 valence electrons. The third-order valence-corrected chi connectivity index (χ3v) is 2.70. The van der Waals surface area contributed by atoms with E-state index >= 15 is 0 Å². The molecule has 0 aliphatic rings. The molecule has 4 heteroatoms. The summed E-state index contributed by atoms with van der Waals surface area (Å²) < 4.78 is 2.40. The second-order valence-electron chi connectivity index (χ2n) is 3.15. The zero-order valence-corrected chi connectivity index (χ0v) is 9.40.